The van der Waals surface area contributed by atoms with Crippen LogP contribution in [-0.4, -0.2) is 30.1 Å². The number of nitro benzene ring substituents is 1. The molecule has 2 rings (SSSR count). The highest BCUT2D eigenvalue weighted by atomic mass is 16.6. The molecule has 0 saturated heterocycles. The molecule has 0 bridgehead atoms. The van der Waals surface area contributed by atoms with Gasteiger partial charge in [0.15, 0.2) is 0 Å². The van der Waals surface area contributed by atoms with E-state index in [2.05, 4.69) is 10.4 Å². The number of para-hydroxylation sites is 2. The molecule has 2 amide bonds. The molecule has 0 radical (unpaired) electrons. The second-order valence-electron chi connectivity index (χ2n) is 4.71. The maximum atomic E-state index is 11.8. The fourth-order valence-corrected chi connectivity index (χ4v) is 1.86. The molecular weight excluding hydrogens is 328 g/mol. The standard InChI is InChI=1S/C16H14N4O5/c1-25-14-8-3-2-7-13(14)18-15(21)16(22)19-17-10-11-5-4-6-12(9-11)20(23)24/h2-10H,1H3,(H,18,21)(H,19,22). The predicted molar refractivity (Wildman–Crippen MR) is 90.5 cm³/mol. The Morgan fingerprint density at radius 3 is 2.64 bits per heavy atom. The number of hydrazone groups is 1. The number of nitrogens with zero attached hydrogens (tertiary/aromatic N) is 2. The number of benzene rings is 2. The molecule has 128 valence electrons. The largest absolute Gasteiger partial charge is 0.495 e. The molecule has 0 aliphatic rings. The van der Waals surface area contributed by atoms with Crippen LogP contribution in [0.4, 0.5) is 11.4 Å². The van der Waals surface area contributed by atoms with Crippen molar-refractivity contribution in [3.05, 3.63) is 64.2 Å². The topological polar surface area (TPSA) is 123 Å². The van der Waals surface area contributed by atoms with Crippen LogP contribution in [0.2, 0.25) is 0 Å². The van der Waals surface area contributed by atoms with Gasteiger partial charge in [0.1, 0.15) is 5.75 Å². The van der Waals surface area contributed by atoms with Crippen molar-refractivity contribution in [1.29, 1.82) is 0 Å². The Labute approximate surface area is 142 Å². The third-order valence-electron chi connectivity index (χ3n) is 3.02. The van der Waals surface area contributed by atoms with Gasteiger partial charge in [0, 0.05) is 17.7 Å². The van der Waals surface area contributed by atoms with Gasteiger partial charge in [-0.05, 0) is 12.1 Å². The maximum absolute atomic E-state index is 11.8. The number of hydrogen-bond donors (Lipinski definition) is 2. The molecule has 0 atom stereocenters. The fourth-order valence-electron chi connectivity index (χ4n) is 1.86. The monoisotopic (exact) mass is 342 g/mol. The second kappa shape index (κ2) is 8.20. The van der Waals surface area contributed by atoms with E-state index in [1.807, 2.05) is 5.43 Å². The van der Waals surface area contributed by atoms with E-state index in [0.29, 0.717) is 17.0 Å². The van der Waals surface area contributed by atoms with Crippen LogP contribution >= 0.6 is 0 Å². The van der Waals surface area contributed by atoms with Crippen LogP contribution in [0.1, 0.15) is 5.56 Å². The van der Waals surface area contributed by atoms with Gasteiger partial charge in [-0.25, -0.2) is 5.43 Å². The predicted octanol–water partition coefficient (Wildman–Crippen LogP) is 1.69. The van der Waals surface area contributed by atoms with Gasteiger partial charge in [-0.1, -0.05) is 24.3 Å². The number of carbonyl (C=O) groups is 2. The van der Waals surface area contributed by atoms with Crippen molar-refractivity contribution in [3.8, 4) is 5.75 Å². The quantitative estimate of drug-likeness (QED) is 0.370. The minimum Gasteiger partial charge on any atom is -0.495 e. The summed E-state index contributed by atoms with van der Waals surface area (Å²) >= 11 is 0. The average molecular weight is 342 g/mol. The van der Waals surface area contributed by atoms with Gasteiger partial charge >= 0.3 is 11.8 Å². The molecule has 2 aromatic carbocycles. The van der Waals surface area contributed by atoms with E-state index in [-0.39, 0.29) is 5.69 Å². The molecule has 0 aliphatic heterocycles. The van der Waals surface area contributed by atoms with E-state index in [1.165, 1.54) is 31.5 Å². The number of anilines is 1. The molecule has 2 N–H and O–H groups in total. The Balaban J connectivity index is 1.96. The Morgan fingerprint density at radius 2 is 1.92 bits per heavy atom. The van der Waals surface area contributed by atoms with Gasteiger partial charge in [0.05, 0.1) is 23.9 Å². The highest BCUT2D eigenvalue weighted by molar-refractivity contribution is 6.39. The first-order chi connectivity index (χ1) is 12.0. The lowest BCUT2D eigenvalue weighted by Gasteiger charge is -2.08. The van der Waals surface area contributed by atoms with Gasteiger partial charge in [-0.2, -0.15) is 5.10 Å². The Bertz CT molecular complexity index is 835. The van der Waals surface area contributed by atoms with Crippen LogP contribution < -0.4 is 15.5 Å². The summed E-state index contributed by atoms with van der Waals surface area (Å²) < 4.78 is 5.06. The van der Waals surface area contributed by atoms with Crippen LogP contribution in [0.15, 0.2) is 53.6 Å². The first kappa shape index (κ1) is 17.6. The Morgan fingerprint density at radius 1 is 1.16 bits per heavy atom. The number of rotatable bonds is 5. The molecule has 25 heavy (non-hydrogen) atoms. The summed E-state index contributed by atoms with van der Waals surface area (Å²) in [5.41, 5.74) is 2.68. The summed E-state index contributed by atoms with van der Waals surface area (Å²) in [5, 5.41) is 16.7. The van der Waals surface area contributed by atoms with Crippen LogP contribution in [0.5, 0.6) is 5.75 Å². The number of hydrogen-bond acceptors (Lipinski definition) is 6. The van der Waals surface area contributed by atoms with Crippen molar-refractivity contribution < 1.29 is 19.2 Å². The average Bonchev–Trinajstić information content (AvgIpc) is 2.62. The van der Waals surface area contributed by atoms with E-state index in [4.69, 9.17) is 4.74 Å². The molecule has 0 saturated carbocycles. The summed E-state index contributed by atoms with van der Waals surface area (Å²) in [6.45, 7) is 0. The third-order valence-corrected chi connectivity index (χ3v) is 3.02. The van der Waals surface area contributed by atoms with E-state index < -0.39 is 16.7 Å². The Kier molecular flexibility index (Phi) is 5.77. The molecular formula is C16H14N4O5. The first-order valence-electron chi connectivity index (χ1n) is 7.03. The number of ether oxygens (including phenoxy) is 1. The molecule has 0 spiro atoms. The van der Waals surface area contributed by atoms with Crippen molar-refractivity contribution in [2.75, 3.05) is 12.4 Å². The summed E-state index contributed by atoms with van der Waals surface area (Å²) in [5.74, 6) is -1.52. The normalized spacial score (nSPS) is 10.3. The van der Waals surface area contributed by atoms with E-state index in [1.54, 1.807) is 30.3 Å². The lowest BCUT2D eigenvalue weighted by molar-refractivity contribution is -0.384. The van der Waals surface area contributed by atoms with Crippen molar-refractivity contribution in [1.82, 2.24) is 5.43 Å². The van der Waals surface area contributed by atoms with Crippen molar-refractivity contribution in [3.63, 3.8) is 0 Å². The molecule has 0 aliphatic carbocycles. The van der Waals surface area contributed by atoms with Gasteiger partial charge in [0.25, 0.3) is 5.69 Å². The molecule has 0 fully saturated rings. The lowest BCUT2D eigenvalue weighted by Crippen LogP contribution is -2.32. The SMILES string of the molecule is COc1ccccc1NC(=O)C(=O)NN=Cc1cccc([N+](=O)[O-])c1. The zero-order valence-electron chi connectivity index (χ0n) is 13.1. The van der Waals surface area contributed by atoms with Crippen LogP contribution in [0.25, 0.3) is 0 Å². The fraction of sp³-hybridized carbons (Fsp3) is 0.0625. The number of carbonyl (C=O) groups excluding carboxylic acids is 2. The van der Waals surface area contributed by atoms with Gasteiger partial charge < -0.3 is 10.1 Å². The molecule has 0 heterocycles. The molecule has 2 aromatic rings. The van der Waals surface area contributed by atoms with Crippen molar-refractivity contribution in [2.45, 2.75) is 0 Å². The molecule has 9 heteroatoms. The molecule has 0 aromatic heterocycles. The third kappa shape index (κ3) is 4.86. The summed E-state index contributed by atoms with van der Waals surface area (Å²) in [4.78, 5) is 33.7. The van der Waals surface area contributed by atoms with Crippen LogP contribution in [0, 0.1) is 10.1 Å². The van der Waals surface area contributed by atoms with Gasteiger partial charge in [0.2, 0.25) is 0 Å². The number of methoxy groups -OCH3 is 1. The van der Waals surface area contributed by atoms with Gasteiger partial charge in [-0.15, -0.1) is 0 Å². The summed E-state index contributed by atoms with van der Waals surface area (Å²) in [6.07, 6.45) is 1.20. The Hall–Kier alpha value is -3.75. The number of non-ortho nitro benzene ring substituents is 1. The van der Waals surface area contributed by atoms with E-state index >= 15 is 0 Å². The van der Waals surface area contributed by atoms with E-state index in [0.717, 1.165) is 0 Å². The van der Waals surface area contributed by atoms with Crippen LogP contribution in [-0.2, 0) is 9.59 Å². The minimum absolute atomic E-state index is 0.107. The molecule has 0 unspecified atom stereocenters. The van der Waals surface area contributed by atoms with E-state index in [9.17, 15) is 19.7 Å². The highest BCUT2D eigenvalue weighted by Gasteiger charge is 2.14. The second-order valence-corrected chi connectivity index (χ2v) is 4.71. The number of nitrogens with one attached hydrogen (secondary N) is 2. The summed E-state index contributed by atoms with van der Waals surface area (Å²) in [7, 11) is 1.44. The maximum Gasteiger partial charge on any atom is 0.329 e. The smallest absolute Gasteiger partial charge is 0.329 e. The minimum atomic E-state index is -0.993. The van der Waals surface area contributed by atoms with Crippen molar-refractivity contribution >= 4 is 29.4 Å². The van der Waals surface area contributed by atoms with Crippen LogP contribution in [0.3, 0.4) is 0 Å². The molecule has 9 nitrogen and oxygen atoms in total. The zero-order valence-corrected chi connectivity index (χ0v) is 13.1. The lowest BCUT2D eigenvalue weighted by atomic mass is 10.2. The number of nitro groups is 1. The zero-order chi connectivity index (χ0) is 18.2. The van der Waals surface area contributed by atoms with Crippen molar-refractivity contribution in [2.24, 2.45) is 5.10 Å². The number of amides is 2. The van der Waals surface area contributed by atoms with Gasteiger partial charge in [-0.3, -0.25) is 19.7 Å². The highest BCUT2D eigenvalue weighted by Crippen LogP contribution is 2.22. The summed E-state index contributed by atoms with van der Waals surface area (Å²) in [6, 6.07) is 12.3. The first-order valence-corrected chi connectivity index (χ1v) is 7.03.